The van der Waals surface area contributed by atoms with Gasteiger partial charge in [-0.05, 0) is 37.1 Å². The van der Waals surface area contributed by atoms with E-state index in [0.29, 0.717) is 12.8 Å². The van der Waals surface area contributed by atoms with Gasteiger partial charge in [0.05, 0.1) is 16.4 Å². The number of aromatic carboxylic acids is 1. The molecule has 1 aromatic carbocycles. The van der Waals surface area contributed by atoms with Crippen LogP contribution in [0.5, 0.6) is 0 Å². The van der Waals surface area contributed by atoms with E-state index in [2.05, 4.69) is 4.72 Å². The van der Waals surface area contributed by atoms with Crippen molar-refractivity contribution in [3.63, 3.8) is 0 Å². The summed E-state index contributed by atoms with van der Waals surface area (Å²) in [7, 11) is -3.80. The number of amides is 1. The summed E-state index contributed by atoms with van der Waals surface area (Å²) in [6, 6.07) is 4.38. The number of carbonyl (C=O) groups excluding carboxylic acids is 1. The molecule has 0 aromatic heterocycles. The Labute approximate surface area is 122 Å². The van der Waals surface area contributed by atoms with Crippen molar-refractivity contribution in [2.24, 2.45) is 11.7 Å². The van der Waals surface area contributed by atoms with Gasteiger partial charge < -0.3 is 10.8 Å². The van der Waals surface area contributed by atoms with E-state index in [9.17, 15) is 18.0 Å². The van der Waals surface area contributed by atoms with Crippen LogP contribution in [0.4, 0.5) is 0 Å². The van der Waals surface area contributed by atoms with Crippen molar-refractivity contribution in [2.75, 3.05) is 0 Å². The number of hydrogen-bond acceptors (Lipinski definition) is 4. The van der Waals surface area contributed by atoms with Gasteiger partial charge in [0.1, 0.15) is 0 Å². The largest absolute Gasteiger partial charge is 0.478 e. The topological polar surface area (TPSA) is 127 Å². The molecule has 0 heterocycles. The van der Waals surface area contributed by atoms with Gasteiger partial charge in [-0.25, -0.2) is 17.9 Å². The lowest BCUT2D eigenvalue weighted by Crippen LogP contribution is -2.42. The number of hydrogen-bond donors (Lipinski definition) is 3. The first-order valence-corrected chi connectivity index (χ1v) is 7.94. The van der Waals surface area contributed by atoms with Crippen molar-refractivity contribution in [1.82, 2.24) is 4.72 Å². The van der Waals surface area contributed by atoms with Crippen molar-refractivity contribution >= 4 is 21.9 Å². The summed E-state index contributed by atoms with van der Waals surface area (Å²) in [6.45, 7) is 0. The number of nitrogens with two attached hydrogens (primary N) is 1. The zero-order valence-corrected chi connectivity index (χ0v) is 12.0. The molecule has 2 atom stereocenters. The third-order valence-electron chi connectivity index (χ3n) is 3.60. The SMILES string of the molecule is NC(=O)[C@@H]1CCC[C@H]1NS(=O)(=O)c1ccc(C(=O)O)cc1. The molecule has 1 aliphatic carbocycles. The van der Waals surface area contributed by atoms with Gasteiger partial charge >= 0.3 is 5.97 Å². The Morgan fingerprint density at radius 3 is 2.33 bits per heavy atom. The Morgan fingerprint density at radius 1 is 1.19 bits per heavy atom. The summed E-state index contributed by atoms with van der Waals surface area (Å²) >= 11 is 0. The average Bonchev–Trinajstić information content (AvgIpc) is 2.86. The maximum Gasteiger partial charge on any atom is 0.335 e. The molecular formula is C13H16N2O5S. The molecule has 1 aromatic rings. The van der Waals surface area contributed by atoms with Gasteiger partial charge in [-0.2, -0.15) is 0 Å². The van der Waals surface area contributed by atoms with Crippen molar-refractivity contribution in [3.8, 4) is 0 Å². The Kier molecular flexibility index (Phi) is 4.29. The van der Waals surface area contributed by atoms with Crippen LogP contribution in [0, 0.1) is 5.92 Å². The second kappa shape index (κ2) is 5.82. The van der Waals surface area contributed by atoms with Crippen LogP contribution in [0.3, 0.4) is 0 Å². The number of rotatable bonds is 5. The van der Waals surface area contributed by atoms with Gasteiger partial charge in [-0.3, -0.25) is 4.79 Å². The van der Waals surface area contributed by atoms with Crippen LogP contribution in [0.25, 0.3) is 0 Å². The monoisotopic (exact) mass is 312 g/mol. The first-order chi connectivity index (χ1) is 9.81. The zero-order valence-electron chi connectivity index (χ0n) is 11.2. The minimum atomic E-state index is -3.80. The molecule has 4 N–H and O–H groups in total. The van der Waals surface area contributed by atoms with Crippen molar-refractivity contribution in [1.29, 1.82) is 0 Å². The number of carboxylic acid groups (broad SMARTS) is 1. The highest BCUT2D eigenvalue weighted by atomic mass is 32.2. The second-order valence-corrected chi connectivity index (χ2v) is 6.71. The fourth-order valence-corrected chi connectivity index (χ4v) is 3.80. The number of carboxylic acids is 1. The predicted molar refractivity (Wildman–Crippen MR) is 74.0 cm³/mol. The lowest BCUT2D eigenvalue weighted by atomic mass is 10.0. The molecule has 1 amide bonds. The van der Waals surface area contributed by atoms with Gasteiger partial charge in [0.2, 0.25) is 15.9 Å². The minimum Gasteiger partial charge on any atom is -0.478 e. The fraction of sp³-hybridized carbons (Fsp3) is 0.385. The van der Waals surface area contributed by atoms with E-state index in [-0.39, 0.29) is 10.5 Å². The lowest BCUT2D eigenvalue weighted by molar-refractivity contribution is -0.122. The molecular weight excluding hydrogens is 296 g/mol. The Morgan fingerprint density at radius 2 is 1.81 bits per heavy atom. The molecule has 21 heavy (non-hydrogen) atoms. The summed E-state index contributed by atoms with van der Waals surface area (Å²) in [5.41, 5.74) is 5.26. The second-order valence-electron chi connectivity index (χ2n) is 5.00. The number of primary amides is 1. The molecule has 1 fully saturated rings. The van der Waals surface area contributed by atoms with Crippen molar-refractivity contribution in [3.05, 3.63) is 29.8 Å². The third kappa shape index (κ3) is 3.40. The van der Waals surface area contributed by atoms with Crippen LogP contribution in [0.1, 0.15) is 29.6 Å². The zero-order chi connectivity index (χ0) is 15.6. The van der Waals surface area contributed by atoms with Gasteiger partial charge in [-0.15, -0.1) is 0 Å². The molecule has 0 radical (unpaired) electrons. The standard InChI is InChI=1S/C13H16N2O5S/c14-12(16)10-2-1-3-11(10)15-21(19,20)9-6-4-8(5-7-9)13(17)18/h4-7,10-11,15H,1-3H2,(H2,14,16)(H,17,18)/t10-,11-/m1/s1. The molecule has 0 spiro atoms. The van der Waals surface area contributed by atoms with Gasteiger partial charge in [0.25, 0.3) is 0 Å². The normalized spacial score (nSPS) is 22.1. The van der Waals surface area contributed by atoms with Crippen LogP contribution in [-0.4, -0.2) is 31.4 Å². The first kappa shape index (κ1) is 15.5. The van der Waals surface area contributed by atoms with Gasteiger partial charge in [0.15, 0.2) is 0 Å². The molecule has 8 heteroatoms. The molecule has 0 unspecified atom stereocenters. The number of carbonyl (C=O) groups is 2. The predicted octanol–water partition coefficient (Wildman–Crippen LogP) is 0.317. The molecule has 0 bridgehead atoms. The Hall–Kier alpha value is -1.93. The summed E-state index contributed by atoms with van der Waals surface area (Å²) in [5.74, 6) is -2.14. The average molecular weight is 312 g/mol. The molecule has 1 saturated carbocycles. The van der Waals surface area contributed by atoms with E-state index < -0.39 is 33.9 Å². The minimum absolute atomic E-state index is 0.00447. The van der Waals surface area contributed by atoms with Crippen molar-refractivity contribution < 1.29 is 23.1 Å². The molecule has 0 saturated heterocycles. The van der Waals surface area contributed by atoms with Crippen LogP contribution >= 0.6 is 0 Å². The van der Waals surface area contributed by atoms with E-state index >= 15 is 0 Å². The molecule has 114 valence electrons. The first-order valence-electron chi connectivity index (χ1n) is 6.46. The number of sulfonamides is 1. The van der Waals surface area contributed by atoms with Gasteiger partial charge in [-0.1, -0.05) is 6.42 Å². The van der Waals surface area contributed by atoms with E-state index in [1.54, 1.807) is 0 Å². The van der Waals surface area contributed by atoms with Crippen molar-refractivity contribution in [2.45, 2.75) is 30.2 Å². The summed E-state index contributed by atoms with van der Waals surface area (Å²) < 4.78 is 26.9. The smallest absolute Gasteiger partial charge is 0.335 e. The highest BCUT2D eigenvalue weighted by molar-refractivity contribution is 7.89. The van der Waals surface area contributed by atoms with Crippen LogP contribution < -0.4 is 10.5 Å². The Balaban J connectivity index is 2.18. The van der Waals surface area contributed by atoms with Crippen LogP contribution in [0.15, 0.2) is 29.2 Å². The van der Waals surface area contributed by atoms with Crippen LogP contribution in [-0.2, 0) is 14.8 Å². The molecule has 0 aliphatic heterocycles. The molecule has 1 aliphatic rings. The van der Waals surface area contributed by atoms with Gasteiger partial charge in [0, 0.05) is 6.04 Å². The lowest BCUT2D eigenvalue weighted by Gasteiger charge is -2.18. The van der Waals surface area contributed by atoms with Crippen LogP contribution in [0.2, 0.25) is 0 Å². The summed E-state index contributed by atoms with van der Waals surface area (Å²) in [5, 5.41) is 8.79. The Bertz CT molecular complexity index is 654. The van der Waals surface area contributed by atoms with E-state index in [1.165, 1.54) is 24.3 Å². The summed E-state index contributed by atoms with van der Waals surface area (Å²) in [4.78, 5) is 22.0. The van der Waals surface area contributed by atoms with E-state index in [4.69, 9.17) is 10.8 Å². The maximum absolute atomic E-state index is 12.2. The molecule has 7 nitrogen and oxygen atoms in total. The highest BCUT2D eigenvalue weighted by Gasteiger charge is 2.34. The molecule has 2 rings (SSSR count). The quantitative estimate of drug-likeness (QED) is 0.721. The third-order valence-corrected chi connectivity index (χ3v) is 5.11. The van der Waals surface area contributed by atoms with E-state index in [1.807, 2.05) is 0 Å². The fourth-order valence-electron chi connectivity index (χ4n) is 2.49. The number of nitrogens with one attached hydrogen (secondary N) is 1. The maximum atomic E-state index is 12.2. The van der Waals surface area contributed by atoms with E-state index in [0.717, 1.165) is 6.42 Å². The number of benzene rings is 1. The highest BCUT2D eigenvalue weighted by Crippen LogP contribution is 2.26. The summed E-state index contributed by atoms with van der Waals surface area (Å²) in [6.07, 6.45) is 1.86.